The summed E-state index contributed by atoms with van der Waals surface area (Å²) in [5.74, 6) is -0.0228. The zero-order chi connectivity index (χ0) is 25.9. The summed E-state index contributed by atoms with van der Waals surface area (Å²) in [7, 11) is 0. The van der Waals surface area contributed by atoms with Gasteiger partial charge in [0.1, 0.15) is 30.8 Å². The second-order valence-corrected chi connectivity index (χ2v) is 8.60. The number of para-hydroxylation sites is 1. The lowest BCUT2D eigenvalue weighted by Crippen LogP contribution is -2.60. The first-order chi connectivity index (χ1) is 17.4. The van der Waals surface area contributed by atoms with Gasteiger partial charge in [-0.15, -0.1) is 0 Å². The SMILES string of the molecule is CCC(C)OC(=O)CC1C(=O)NCCN1C(=S)NC(=O)c1cccc(OCCOc2ccccc2)c1. The molecule has 10 heteroatoms. The molecule has 1 heterocycles. The van der Waals surface area contributed by atoms with Gasteiger partial charge in [0, 0.05) is 18.7 Å². The van der Waals surface area contributed by atoms with Gasteiger partial charge >= 0.3 is 5.97 Å². The molecule has 9 nitrogen and oxygen atoms in total. The predicted octanol–water partition coefficient (Wildman–Crippen LogP) is 2.69. The summed E-state index contributed by atoms with van der Waals surface area (Å²) < 4.78 is 16.6. The van der Waals surface area contributed by atoms with E-state index >= 15 is 0 Å². The lowest BCUT2D eigenvalue weighted by Gasteiger charge is -2.36. The number of hydrogen-bond donors (Lipinski definition) is 2. The number of esters is 1. The molecule has 2 atom stereocenters. The monoisotopic (exact) mass is 513 g/mol. The number of thiocarbonyl (C=S) groups is 1. The van der Waals surface area contributed by atoms with Crippen LogP contribution in [0.5, 0.6) is 11.5 Å². The molecule has 2 N–H and O–H groups in total. The number of carbonyl (C=O) groups is 3. The summed E-state index contributed by atoms with van der Waals surface area (Å²) in [5.41, 5.74) is 0.341. The van der Waals surface area contributed by atoms with Gasteiger partial charge in [-0.2, -0.15) is 0 Å². The molecule has 1 aliphatic rings. The molecular weight excluding hydrogens is 482 g/mol. The van der Waals surface area contributed by atoms with E-state index in [1.54, 1.807) is 36.1 Å². The van der Waals surface area contributed by atoms with E-state index in [9.17, 15) is 14.4 Å². The molecule has 0 bridgehead atoms. The van der Waals surface area contributed by atoms with Crippen LogP contribution in [0.4, 0.5) is 0 Å². The fourth-order valence-electron chi connectivity index (χ4n) is 3.48. The highest BCUT2D eigenvalue weighted by molar-refractivity contribution is 7.80. The van der Waals surface area contributed by atoms with E-state index < -0.39 is 17.9 Å². The molecule has 0 saturated carbocycles. The topological polar surface area (TPSA) is 106 Å². The third kappa shape index (κ3) is 7.94. The summed E-state index contributed by atoms with van der Waals surface area (Å²) in [6.45, 7) is 5.05. The van der Waals surface area contributed by atoms with Crippen LogP contribution < -0.4 is 20.1 Å². The average molecular weight is 514 g/mol. The largest absolute Gasteiger partial charge is 0.490 e. The predicted molar refractivity (Wildman–Crippen MR) is 138 cm³/mol. The van der Waals surface area contributed by atoms with Crippen molar-refractivity contribution in [2.75, 3.05) is 26.3 Å². The zero-order valence-corrected chi connectivity index (χ0v) is 21.2. The number of nitrogens with zero attached hydrogens (tertiary/aromatic N) is 1. The highest BCUT2D eigenvalue weighted by atomic mass is 32.1. The minimum absolute atomic E-state index is 0.0683. The van der Waals surface area contributed by atoms with Gasteiger partial charge < -0.3 is 24.4 Å². The molecule has 2 aromatic carbocycles. The van der Waals surface area contributed by atoms with E-state index in [1.807, 2.05) is 37.3 Å². The Labute approximate surface area is 216 Å². The Morgan fingerprint density at radius 2 is 1.81 bits per heavy atom. The van der Waals surface area contributed by atoms with Gasteiger partial charge in [-0.3, -0.25) is 19.7 Å². The van der Waals surface area contributed by atoms with Crippen molar-refractivity contribution >= 4 is 35.1 Å². The highest BCUT2D eigenvalue weighted by Gasteiger charge is 2.34. The molecule has 192 valence electrons. The maximum Gasteiger partial charge on any atom is 0.308 e. The molecule has 0 aliphatic carbocycles. The summed E-state index contributed by atoms with van der Waals surface area (Å²) in [6.07, 6.45) is 0.258. The summed E-state index contributed by atoms with van der Waals surface area (Å²) >= 11 is 5.42. The second kappa shape index (κ2) is 13.4. The molecule has 1 saturated heterocycles. The molecule has 2 amide bonds. The molecule has 0 radical (unpaired) electrons. The van der Waals surface area contributed by atoms with E-state index in [1.165, 1.54) is 0 Å². The molecular formula is C26H31N3O6S. The van der Waals surface area contributed by atoms with Gasteiger partial charge in [0.25, 0.3) is 5.91 Å². The lowest BCUT2D eigenvalue weighted by atomic mass is 10.1. The molecule has 36 heavy (non-hydrogen) atoms. The van der Waals surface area contributed by atoms with Crippen molar-refractivity contribution in [2.45, 2.75) is 38.8 Å². The van der Waals surface area contributed by atoms with Crippen LogP contribution in [-0.2, 0) is 14.3 Å². The van der Waals surface area contributed by atoms with Crippen LogP contribution in [0.25, 0.3) is 0 Å². The number of rotatable bonds is 10. The van der Waals surface area contributed by atoms with Crippen LogP contribution in [0.1, 0.15) is 37.0 Å². The zero-order valence-electron chi connectivity index (χ0n) is 20.4. The van der Waals surface area contributed by atoms with E-state index in [0.717, 1.165) is 5.75 Å². The second-order valence-electron chi connectivity index (χ2n) is 8.21. The van der Waals surface area contributed by atoms with Crippen LogP contribution in [-0.4, -0.2) is 66.2 Å². The van der Waals surface area contributed by atoms with Crippen LogP contribution in [0.3, 0.4) is 0 Å². The van der Waals surface area contributed by atoms with E-state index in [4.69, 9.17) is 26.4 Å². The van der Waals surface area contributed by atoms with Gasteiger partial charge in [-0.1, -0.05) is 31.2 Å². The van der Waals surface area contributed by atoms with Gasteiger partial charge in [-0.05, 0) is 55.9 Å². The standard InChI is InChI=1S/C26H31N3O6S/c1-3-18(2)35-23(30)17-22-25(32)27-12-13-29(22)26(36)28-24(31)19-8-7-11-21(16-19)34-15-14-33-20-9-5-4-6-10-20/h4-11,16,18,22H,3,12-15,17H2,1-2H3,(H,27,32)(H,28,31,36). The number of nitrogens with one attached hydrogen (secondary N) is 2. The van der Waals surface area contributed by atoms with Crippen molar-refractivity contribution in [3.8, 4) is 11.5 Å². The number of piperazine rings is 1. The Morgan fingerprint density at radius 1 is 1.11 bits per heavy atom. The van der Waals surface area contributed by atoms with Crippen molar-refractivity contribution < 1.29 is 28.6 Å². The van der Waals surface area contributed by atoms with Gasteiger partial charge in [-0.25, -0.2) is 0 Å². The van der Waals surface area contributed by atoms with Crippen LogP contribution in [0, 0.1) is 0 Å². The smallest absolute Gasteiger partial charge is 0.308 e. The first-order valence-corrected chi connectivity index (χ1v) is 12.3. The van der Waals surface area contributed by atoms with Crippen molar-refractivity contribution in [3.63, 3.8) is 0 Å². The van der Waals surface area contributed by atoms with Crippen molar-refractivity contribution in [3.05, 3.63) is 60.2 Å². The number of ether oxygens (including phenoxy) is 3. The van der Waals surface area contributed by atoms with Gasteiger partial charge in [0.2, 0.25) is 5.91 Å². The Bertz CT molecular complexity index is 1060. The van der Waals surface area contributed by atoms with Crippen molar-refractivity contribution in [1.82, 2.24) is 15.5 Å². The number of benzene rings is 2. The quantitative estimate of drug-likeness (QED) is 0.284. The fraction of sp³-hybridized carbons (Fsp3) is 0.385. The molecule has 3 rings (SSSR count). The third-order valence-electron chi connectivity index (χ3n) is 5.54. The van der Waals surface area contributed by atoms with E-state index in [2.05, 4.69) is 10.6 Å². The fourth-order valence-corrected chi connectivity index (χ4v) is 3.79. The Kier molecular flexibility index (Phi) is 10.1. The molecule has 1 fully saturated rings. The molecule has 1 aliphatic heterocycles. The molecule has 2 unspecified atom stereocenters. The molecule has 0 spiro atoms. The highest BCUT2D eigenvalue weighted by Crippen LogP contribution is 2.16. The minimum Gasteiger partial charge on any atom is -0.490 e. The first kappa shape index (κ1) is 26.9. The normalized spacial score (nSPS) is 15.9. The first-order valence-electron chi connectivity index (χ1n) is 11.9. The van der Waals surface area contributed by atoms with Crippen molar-refractivity contribution in [1.29, 1.82) is 0 Å². The summed E-state index contributed by atoms with van der Waals surface area (Å²) in [5, 5.41) is 5.46. The van der Waals surface area contributed by atoms with Crippen LogP contribution >= 0.6 is 12.2 Å². The maximum absolute atomic E-state index is 12.9. The lowest BCUT2D eigenvalue weighted by molar-refractivity contribution is -0.151. The number of amides is 2. The maximum atomic E-state index is 12.9. The van der Waals surface area contributed by atoms with Gasteiger partial charge in [0.15, 0.2) is 5.11 Å². The van der Waals surface area contributed by atoms with Crippen LogP contribution in [0.2, 0.25) is 0 Å². The molecule has 0 aromatic heterocycles. The van der Waals surface area contributed by atoms with Crippen LogP contribution in [0.15, 0.2) is 54.6 Å². The Balaban J connectivity index is 1.55. The average Bonchev–Trinajstić information content (AvgIpc) is 2.88. The third-order valence-corrected chi connectivity index (χ3v) is 5.88. The summed E-state index contributed by atoms with van der Waals surface area (Å²) in [6, 6.07) is 15.2. The summed E-state index contributed by atoms with van der Waals surface area (Å²) in [4.78, 5) is 39.1. The number of carbonyl (C=O) groups excluding carboxylic acids is 3. The molecule has 2 aromatic rings. The van der Waals surface area contributed by atoms with E-state index in [-0.39, 0.29) is 23.5 Å². The number of hydrogen-bond acceptors (Lipinski definition) is 7. The van der Waals surface area contributed by atoms with Gasteiger partial charge in [0.05, 0.1) is 12.5 Å². The van der Waals surface area contributed by atoms with Crippen molar-refractivity contribution in [2.24, 2.45) is 0 Å². The van der Waals surface area contributed by atoms with E-state index in [0.29, 0.717) is 44.0 Å². The Morgan fingerprint density at radius 3 is 2.53 bits per heavy atom. The Hall–Kier alpha value is -3.66. The minimum atomic E-state index is -0.859.